The van der Waals surface area contributed by atoms with Gasteiger partial charge in [0, 0.05) is 37.8 Å². The maximum absolute atomic E-state index is 12.6. The van der Waals surface area contributed by atoms with Crippen molar-refractivity contribution in [1.82, 2.24) is 25.3 Å². The summed E-state index contributed by atoms with van der Waals surface area (Å²) in [6, 6.07) is 8.00. The summed E-state index contributed by atoms with van der Waals surface area (Å²) in [6.45, 7) is 4.22. The molecule has 0 bridgehead atoms. The number of amides is 3. The molecule has 8 heteroatoms. The molecule has 0 saturated carbocycles. The zero-order valence-electron chi connectivity index (χ0n) is 16.0. The minimum atomic E-state index is -0.457. The molecule has 2 N–H and O–H groups in total. The van der Waals surface area contributed by atoms with Crippen molar-refractivity contribution in [2.75, 3.05) is 19.6 Å². The Labute approximate surface area is 163 Å². The lowest BCUT2D eigenvalue weighted by Crippen LogP contribution is -2.41. The van der Waals surface area contributed by atoms with E-state index in [2.05, 4.69) is 21.8 Å². The molecule has 1 aromatic heterocycles. The first-order chi connectivity index (χ1) is 13.5. The Morgan fingerprint density at radius 1 is 1.36 bits per heavy atom. The molecule has 3 heterocycles. The van der Waals surface area contributed by atoms with Gasteiger partial charge in [0.25, 0.3) is 0 Å². The van der Waals surface area contributed by atoms with Gasteiger partial charge in [-0.25, -0.2) is 14.3 Å². The first kappa shape index (κ1) is 18.3. The Morgan fingerprint density at radius 3 is 3.04 bits per heavy atom. The van der Waals surface area contributed by atoms with Crippen molar-refractivity contribution in [2.45, 2.75) is 38.3 Å². The number of nitrogens with zero attached hydrogens (tertiary/aromatic N) is 3. The average Bonchev–Trinajstić information content (AvgIpc) is 3.23. The van der Waals surface area contributed by atoms with Crippen molar-refractivity contribution in [2.24, 2.45) is 0 Å². The molecule has 8 nitrogen and oxygen atoms in total. The highest BCUT2D eigenvalue weighted by atomic mass is 16.6. The van der Waals surface area contributed by atoms with E-state index in [4.69, 9.17) is 4.74 Å². The molecular formula is C20H25N5O3. The number of likely N-dealkylation sites (tertiary alicyclic amines) is 1. The number of ether oxygens (including phenoxy) is 1. The van der Waals surface area contributed by atoms with E-state index in [1.54, 1.807) is 11.1 Å². The first-order valence-electron chi connectivity index (χ1n) is 9.63. The zero-order valence-corrected chi connectivity index (χ0v) is 16.0. The number of aryl methyl sites for hydroxylation is 1. The van der Waals surface area contributed by atoms with Crippen molar-refractivity contribution >= 4 is 12.1 Å². The third-order valence-electron chi connectivity index (χ3n) is 5.40. The van der Waals surface area contributed by atoms with Gasteiger partial charge in [0.15, 0.2) is 0 Å². The van der Waals surface area contributed by atoms with E-state index in [9.17, 15) is 9.59 Å². The number of alkyl carbamates (subject to hydrolysis) is 1. The fourth-order valence-corrected chi connectivity index (χ4v) is 3.80. The fourth-order valence-electron chi connectivity index (χ4n) is 3.80. The van der Waals surface area contributed by atoms with E-state index in [-0.39, 0.29) is 12.1 Å². The molecule has 1 atom stereocenters. The van der Waals surface area contributed by atoms with Gasteiger partial charge >= 0.3 is 12.1 Å². The minimum absolute atomic E-state index is 0.0994. The molecular weight excluding hydrogens is 358 g/mol. The lowest BCUT2D eigenvalue weighted by Gasteiger charge is -2.25. The molecule has 2 aliphatic heterocycles. The summed E-state index contributed by atoms with van der Waals surface area (Å²) in [4.78, 5) is 25.8. The largest absolute Gasteiger partial charge is 0.441 e. The van der Waals surface area contributed by atoms with Crippen LogP contribution in [0.2, 0.25) is 0 Å². The number of benzene rings is 1. The van der Waals surface area contributed by atoms with E-state index in [1.807, 2.05) is 36.0 Å². The van der Waals surface area contributed by atoms with Crippen LogP contribution in [0.4, 0.5) is 9.59 Å². The van der Waals surface area contributed by atoms with Gasteiger partial charge < -0.3 is 20.3 Å². The molecule has 4 rings (SSSR count). The molecule has 1 spiro atoms. The third kappa shape index (κ3) is 3.95. The van der Waals surface area contributed by atoms with Crippen LogP contribution >= 0.6 is 0 Å². The summed E-state index contributed by atoms with van der Waals surface area (Å²) >= 11 is 0. The third-order valence-corrected chi connectivity index (χ3v) is 5.40. The van der Waals surface area contributed by atoms with Gasteiger partial charge in [-0.2, -0.15) is 5.10 Å². The van der Waals surface area contributed by atoms with Crippen LogP contribution in [0, 0.1) is 6.92 Å². The molecule has 2 aliphatic rings. The normalized spacial score (nSPS) is 21.9. The fraction of sp³-hybridized carbons (Fsp3) is 0.450. The highest BCUT2D eigenvalue weighted by Crippen LogP contribution is 2.29. The molecule has 2 aromatic rings. The average molecular weight is 383 g/mol. The lowest BCUT2D eigenvalue weighted by atomic mass is 9.95. The SMILES string of the molecule is Cc1cccc(-n2cc(CNC(=O)N3CCC[C@@]4(CC3)CNC(=O)O4)cn2)c1. The van der Waals surface area contributed by atoms with Crippen LogP contribution in [0.25, 0.3) is 5.69 Å². The van der Waals surface area contributed by atoms with Crippen LogP contribution < -0.4 is 10.6 Å². The maximum atomic E-state index is 12.6. The quantitative estimate of drug-likeness (QED) is 0.852. The Hall–Kier alpha value is -3.03. The summed E-state index contributed by atoms with van der Waals surface area (Å²) in [6.07, 6.45) is 5.58. The number of aromatic nitrogens is 2. The van der Waals surface area contributed by atoms with Crippen molar-refractivity contribution in [1.29, 1.82) is 0 Å². The second kappa shape index (κ2) is 7.53. The van der Waals surface area contributed by atoms with Gasteiger partial charge in [-0.05, 0) is 37.5 Å². The van der Waals surface area contributed by atoms with Gasteiger partial charge in [-0.3, -0.25) is 0 Å². The van der Waals surface area contributed by atoms with Crippen molar-refractivity contribution in [3.63, 3.8) is 0 Å². The topological polar surface area (TPSA) is 88.5 Å². The zero-order chi connectivity index (χ0) is 19.6. The second-order valence-electron chi connectivity index (χ2n) is 7.56. The van der Waals surface area contributed by atoms with E-state index >= 15 is 0 Å². The standard InChI is InChI=1S/C20H25N5O3/c1-15-4-2-5-17(10-15)25-13-16(12-23-25)11-21-18(26)24-8-3-6-20(7-9-24)14-22-19(27)28-20/h2,4-5,10,12-13H,3,6-9,11,14H2,1H3,(H,21,26)(H,22,27)/t20-/m1/s1. The first-order valence-corrected chi connectivity index (χ1v) is 9.63. The molecule has 0 radical (unpaired) electrons. The van der Waals surface area contributed by atoms with Crippen LogP contribution in [0.1, 0.15) is 30.4 Å². The van der Waals surface area contributed by atoms with E-state index in [1.165, 1.54) is 5.56 Å². The molecule has 3 amide bonds. The summed E-state index contributed by atoms with van der Waals surface area (Å²) < 4.78 is 7.27. The van der Waals surface area contributed by atoms with Crippen LogP contribution in [0.5, 0.6) is 0 Å². The van der Waals surface area contributed by atoms with E-state index in [0.717, 1.165) is 24.1 Å². The smallest absolute Gasteiger partial charge is 0.407 e. The number of nitrogens with one attached hydrogen (secondary N) is 2. The molecule has 148 valence electrons. The maximum Gasteiger partial charge on any atom is 0.407 e. The van der Waals surface area contributed by atoms with Gasteiger partial charge in [0.05, 0.1) is 18.4 Å². The predicted octanol–water partition coefficient (Wildman–Crippen LogP) is 2.35. The summed E-state index contributed by atoms with van der Waals surface area (Å²) in [5.41, 5.74) is 2.65. The van der Waals surface area contributed by atoms with Crippen LogP contribution in [-0.4, -0.2) is 52.0 Å². The Balaban J connectivity index is 1.32. The van der Waals surface area contributed by atoms with Crippen LogP contribution in [0.15, 0.2) is 36.7 Å². The van der Waals surface area contributed by atoms with Crippen molar-refractivity contribution < 1.29 is 14.3 Å². The van der Waals surface area contributed by atoms with Gasteiger partial charge in [-0.15, -0.1) is 0 Å². The highest BCUT2D eigenvalue weighted by molar-refractivity contribution is 5.74. The Morgan fingerprint density at radius 2 is 2.25 bits per heavy atom. The molecule has 2 fully saturated rings. The number of hydrogen-bond acceptors (Lipinski definition) is 4. The number of rotatable bonds is 3. The highest BCUT2D eigenvalue weighted by Gasteiger charge is 2.41. The summed E-state index contributed by atoms with van der Waals surface area (Å²) in [7, 11) is 0. The Bertz CT molecular complexity index is 880. The van der Waals surface area contributed by atoms with E-state index < -0.39 is 5.60 Å². The van der Waals surface area contributed by atoms with Gasteiger partial charge in [0.2, 0.25) is 0 Å². The predicted molar refractivity (Wildman–Crippen MR) is 103 cm³/mol. The number of hydrogen-bond donors (Lipinski definition) is 2. The van der Waals surface area contributed by atoms with Crippen molar-refractivity contribution in [3.8, 4) is 5.69 Å². The van der Waals surface area contributed by atoms with E-state index in [0.29, 0.717) is 32.6 Å². The van der Waals surface area contributed by atoms with Gasteiger partial charge in [-0.1, -0.05) is 12.1 Å². The Kier molecular flexibility index (Phi) is 4.93. The van der Waals surface area contributed by atoms with Gasteiger partial charge in [0.1, 0.15) is 5.60 Å². The summed E-state index contributed by atoms with van der Waals surface area (Å²) in [5, 5.41) is 10.1. The second-order valence-corrected chi connectivity index (χ2v) is 7.56. The summed E-state index contributed by atoms with van der Waals surface area (Å²) in [5.74, 6) is 0. The molecule has 0 unspecified atom stereocenters. The minimum Gasteiger partial charge on any atom is -0.441 e. The molecule has 1 aromatic carbocycles. The molecule has 28 heavy (non-hydrogen) atoms. The molecule has 0 aliphatic carbocycles. The number of carbonyl (C=O) groups is 2. The molecule has 2 saturated heterocycles. The van der Waals surface area contributed by atoms with Crippen LogP contribution in [-0.2, 0) is 11.3 Å². The monoisotopic (exact) mass is 383 g/mol. The van der Waals surface area contributed by atoms with Crippen LogP contribution in [0.3, 0.4) is 0 Å². The van der Waals surface area contributed by atoms with Crippen molar-refractivity contribution in [3.05, 3.63) is 47.8 Å². The number of carbonyl (C=O) groups excluding carboxylic acids is 2. The number of urea groups is 1. The lowest BCUT2D eigenvalue weighted by molar-refractivity contribution is 0.0453.